The van der Waals surface area contributed by atoms with E-state index in [4.69, 9.17) is 14.5 Å². The molecule has 9 heteroatoms. The minimum atomic E-state index is -0.478. The first-order valence-electron chi connectivity index (χ1n) is 12.0. The van der Waals surface area contributed by atoms with Gasteiger partial charge in [-0.15, -0.1) is 0 Å². The molecule has 35 heavy (non-hydrogen) atoms. The van der Waals surface area contributed by atoms with Crippen LogP contribution >= 0.6 is 0 Å². The molecule has 0 spiro atoms. The Bertz CT molecular complexity index is 1240. The second-order valence-electron chi connectivity index (χ2n) is 8.87. The van der Waals surface area contributed by atoms with Crippen molar-refractivity contribution in [3.8, 4) is 5.75 Å². The number of methoxy groups -OCH3 is 1. The summed E-state index contributed by atoms with van der Waals surface area (Å²) >= 11 is 0. The Hall–Kier alpha value is -3.30. The van der Waals surface area contributed by atoms with Crippen molar-refractivity contribution in [3.63, 3.8) is 0 Å². The molecule has 0 aliphatic carbocycles. The first-order chi connectivity index (χ1) is 17.1. The van der Waals surface area contributed by atoms with Crippen molar-refractivity contribution in [2.45, 2.75) is 25.8 Å². The topological polar surface area (TPSA) is 67.5 Å². The molecule has 184 valence electrons. The Morgan fingerprint density at radius 1 is 1.17 bits per heavy atom. The number of hydrogen-bond acceptors (Lipinski definition) is 7. The highest BCUT2D eigenvalue weighted by molar-refractivity contribution is 5.90. The van der Waals surface area contributed by atoms with E-state index in [1.165, 1.54) is 13.2 Å². The first-order valence-corrected chi connectivity index (χ1v) is 12.0. The number of hydrogen-bond donors (Lipinski definition) is 0. The van der Waals surface area contributed by atoms with Crippen molar-refractivity contribution >= 4 is 29.3 Å². The minimum absolute atomic E-state index is 0.152. The zero-order valence-corrected chi connectivity index (χ0v) is 20.3. The van der Waals surface area contributed by atoms with Gasteiger partial charge in [0.1, 0.15) is 0 Å². The maximum absolute atomic E-state index is 14.3. The molecule has 1 aromatic carbocycles. The van der Waals surface area contributed by atoms with Crippen molar-refractivity contribution < 1.29 is 13.9 Å². The second kappa shape index (κ2) is 10.1. The Kier molecular flexibility index (Phi) is 6.79. The fourth-order valence-corrected chi connectivity index (χ4v) is 5.15. The van der Waals surface area contributed by atoms with Crippen LogP contribution in [0.4, 0.5) is 15.8 Å². The van der Waals surface area contributed by atoms with Crippen molar-refractivity contribution in [3.05, 3.63) is 53.7 Å². The molecule has 2 saturated heterocycles. The number of morpholine rings is 1. The maximum atomic E-state index is 14.3. The van der Waals surface area contributed by atoms with E-state index in [0.717, 1.165) is 74.7 Å². The zero-order valence-electron chi connectivity index (χ0n) is 20.3. The molecule has 0 unspecified atom stereocenters. The summed E-state index contributed by atoms with van der Waals surface area (Å²) in [5, 5.41) is 4.59. The lowest BCUT2D eigenvalue weighted by atomic mass is 9.97. The highest BCUT2D eigenvalue weighted by Crippen LogP contribution is 2.37. The summed E-state index contributed by atoms with van der Waals surface area (Å²) in [6.45, 7) is 11.3. The van der Waals surface area contributed by atoms with Crippen LogP contribution < -0.4 is 9.64 Å². The average molecular weight is 479 g/mol. The maximum Gasteiger partial charge on any atom is 0.167 e. The van der Waals surface area contributed by atoms with E-state index in [9.17, 15) is 4.39 Å². The number of halogens is 1. The molecule has 8 nitrogen and oxygen atoms in total. The largest absolute Gasteiger partial charge is 0.494 e. The quantitative estimate of drug-likeness (QED) is 0.500. The second-order valence-corrected chi connectivity index (χ2v) is 8.87. The minimum Gasteiger partial charge on any atom is -0.494 e. The number of anilines is 1. The number of ether oxygens (including phenoxy) is 2. The highest BCUT2D eigenvalue weighted by Gasteiger charge is 2.26. The molecule has 5 rings (SSSR count). The van der Waals surface area contributed by atoms with Crippen LogP contribution in [0.15, 0.2) is 41.8 Å². The number of benzene rings is 1. The molecule has 2 aliphatic rings. The van der Waals surface area contributed by atoms with Gasteiger partial charge >= 0.3 is 0 Å². The molecule has 0 N–H and O–H groups in total. The van der Waals surface area contributed by atoms with Crippen molar-refractivity contribution in [2.75, 3.05) is 51.4 Å². The summed E-state index contributed by atoms with van der Waals surface area (Å²) in [7, 11) is 1.45. The van der Waals surface area contributed by atoms with E-state index < -0.39 is 5.82 Å². The summed E-state index contributed by atoms with van der Waals surface area (Å²) in [6, 6.07) is 3.61. The lowest BCUT2D eigenvalue weighted by Crippen LogP contribution is -2.49. The number of allylic oxidation sites excluding steroid dienone is 1. The molecule has 0 atom stereocenters. The number of rotatable bonds is 6. The third-order valence-corrected chi connectivity index (χ3v) is 7.04. The Balaban J connectivity index is 1.39. The number of fused-ring (bicyclic) bond motifs is 1. The number of piperidine rings is 1. The predicted octanol–water partition coefficient (Wildman–Crippen LogP) is 3.96. The van der Waals surface area contributed by atoms with Crippen LogP contribution in [0.2, 0.25) is 0 Å². The van der Waals surface area contributed by atoms with Crippen molar-refractivity contribution in [2.24, 2.45) is 4.99 Å². The summed E-state index contributed by atoms with van der Waals surface area (Å²) in [5.74, 6) is -0.326. The lowest BCUT2D eigenvalue weighted by molar-refractivity contribution is 0.0115. The number of aliphatic imine (C=N–C) groups is 1. The molecule has 0 bridgehead atoms. The SMILES string of the molecule is C=Nc1cc(F)c(OC)cc1/C(=C\C)c1cnn2cc(N3CCC(N4CCOCC4)CC3)cnc12. The van der Waals surface area contributed by atoms with Crippen LogP contribution in [0.25, 0.3) is 11.2 Å². The van der Waals surface area contributed by atoms with Gasteiger partial charge in [0.25, 0.3) is 0 Å². The van der Waals surface area contributed by atoms with Crippen LogP contribution in [-0.4, -0.2) is 78.8 Å². The van der Waals surface area contributed by atoms with E-state index in [1.807, 2.05) is 29.9 Å². The van der Waals surface area contributed by atoms with Gasteiger partial charge in [-0.05, 0) is 38.1 Å². The Labute approximate surface area is 204 Å². The van der Waals surface area contributed by atoms with Gasteiger partial charge in [0, 0.05) is 49.4 Å². The van der Waals surface area contributed by atoms with E-state index >= 15 is 0 Å². The van der Waals surface area contributed by atoms with E-state index in [2.05, 4.69) is 26.6 Å². The van der Waals surface area contributed by atoms with Crippen LogP contribution in [0.3, 0.4) is 0 Å². The monoisotopic (exact) mass is 478 g/mol. The molecule has 3 aromatic rings. The van der Waals surface area contributed by atoms with Gasteiger partial charge in [0.15, 0.2) is 17.2 Å². The summed E-state index contributed by atoms with van der Waals surface area (Å²) in [6.07, 6.45) is 9.95. The van der Waals surface area contributed by atoms with Gasteiger partial charge < -0.3 is 14.4 Å². The highest BCUT2D eigenvalue weighted by atomic mass is 19.1. The summed E-state index contributed by atoms with van der Waals surface area (Å²) < 4.78 is 26.8. The fourth-order valence-electron chi connectivity index (χ4n) is 5.15. The van der Waals surface area contributed by atoms with Crippen LogP contribution in [-0.2, 0) is 4.74 Å². The number of nitrogens with zero attached hydrogens (tertiary/aromatic N) is 6. The van der Waals surface area contributed by atoms with Crippen LogP contribution in [0, 0.1) is 5.82 Å². The standard InChI is InChI=1S/C26H31FN6O2/c1-4-20(21-13-25(34-3)23(27)14-24(21)28-2)22-16-30-33-17-19(15-29-26(22)33)31-7-5-18(6-8-31)32-9-11-35-12-10-32/h4,13-18H,2,5-12H2,1,3H3/b20-4+. The molecule has 0 saturated carbocycles. The predicted molar refractivity (Wildman–Crippen MR) is 136 cm³/mol. The number of aromatic nitrogens is 3. The molecule has 2 aliphatic heterocycles. The molecule has 0 amide bonds. The van der Waals surface area contributed by atoms with Gasteiger partial charge in [-0.2, -0.15) is 5.10 Å². The van der Waals surface area contributed by atoms with Gasteiger partial charge in [0.05, 0.1) is 50.3 Å². The third kappa shape index (κ3) is 4.53. The molecular formula is C26H31FN6O2. The van der Waals surface area contributed by atoms with Crippen molar-refractivity contribution in [1.29, 1.82) is 0 Å². The van der Waals surface area contributed by atoms with Gasteiger partial charge in [-0.1, -0.05) is 6.08 Å². The van der Waals surface area contributed by atoms with Gasteiger partial charge in [0.2, 0.25) is 0 Å². The average Bonchev–Trinajstić information content (AvgIpc) is 3.33. The van der Waals surface area contributed by atoms with E-state index in [1.54, 1.807) is 12.3 Å². The van der Waals surface area contributed by atoms with Gasteiger partial charge in [-0.3, -0.25) is 9.89 Å². The molecule has 2 aromatic heterocycles. The van der Waals surface area contributed by atoms with Crippen LogP contribution in [0.1, 0.15) is 30.9 Å². The molecule has 0 radical (unpaired) electrons. The Morgan fingerprint density at radius 3 is 2.63 bits per heavy atom. The third-order valence-electron chi connectivity index (χ3n) is 7.04. The molecule has 4 heterocycles. The summed E-state index contributed by atoms with van der Waals surface area (Å²) in [4.78, 5) is 13.8. The van der Waals surface area contributed by atoms with E-state index in [-0.39, 0.29) is 5.75 Å². The van der Waals surface area contributed by atoms with Gasteiger partial charge in [-0.25, -0.2) is 13.9 Å². The normalized spacial score (nSPS) is 18.3. The zero-order chi connectivity index (χ0) is 24.4. The molecular weight excluding hydrogens is 447 g/mol. The van der Waals surface area contributed by atoms with Crippen LogP contribution in [0.5, 0.6) is 5.75 Å². The smallest absolute Gasteiger partial charge is 0.167 e. The fraction of sp³-hybridized carbons (Fsp3) is 0.423. The Morgan fingerprint density at radius 2 is 1.94 bits per heavy atom. The first kappa shape index (κ1) is 23.4. The lowest BCUT2D eigenvalue weighted by Gasteiger charge is -2.40. The molecule has 2 fully saturated rings. The van der Waals surface area contributed by atoms with E-state index in [0.29, 0.717) is 17.3 Å². The van der Waals surface area contributed by atoms with Crippen molar-refractivity contribution in [1.82, 2.24) is 19.5 Å². The summed E-state index contributed by atoms with van der Waals surface area (Å²) in [5.41, 5.74) is 4.62.